The van der Waals surface area contributed by atoms with Crippen LogP contribution in [-0.4, -0.2) is 13.2 Å². The standard InChI is InChI=1S/C17H25NO2/c1-19-13-8-9-14-15(18)11-16(20-17(14)10-13)12-6-4-2-3-5-7-12/h8-10,12,15-16H,2-7,11,18H2,1H3. The molecule has 1 fully saturated rings. The number of rotatable bonds is 2. The molecule has 0 spiro atoms. The second kappa shape index (κ2) is 6.04. The van der Waals surface area contributed by atoms with Crippen molar-refractivity contribution in [3.63, 3.8) is 0 Å². The van der Waals surface area contributed by atoms with Crippen LogP contribution in [0.3, 0.4) is 0 Å². The zero-order valence-electron chi connectivity index (χ0n) is 12.3. The van der Waals surface area contributed by atoms with Crippen molar-refractivity contribution in [1.82, 2.24) is 0 Å². The summed E-state index contributed by atoms with van der Waals surface area (Å²) in [6.07, 6.45) is 9.23. The molecular formula is C17H25NO2. The fourth-order valence-electron chi connectivity index (χ4n) is 3.61. The molecule has 2 aliphatic rings. The Hall–Kier alpha value is -1.22. The molecule has 3 nitrogen and oxygen atoms in total. The van der Waals surface area contributed by atoms with Crippen LogP contribution in [0.4, 0.5) is 0 Å². The molecule has 0 bridgehead atoms. The summed E-state index contributed by atoms with van der Waals surface area (Å²) in [5.74, 6) is 2.44. The first-order valence-corrected chi connectivity index (χ1v) is 7.88. The Bertz CT molecular complexity index is 452. The first-order chi connectivity index (χ1) is 9.78. The van der Waals surface area contributed by atoms with Gasteiger partial charge in [-0.15, -0.1) is 0 Å². The van der Waals surface area contributed by atoms with Crippen LogP contribution in [0.1, 0.15) is 56.6 Å². The van der Waals surface area contributed by atoms with Gasteiger partial charge in [0.25, 0.3) is 0 Å². The van der Waals surface area contributed by atoms with Gasteiger partial charge >= 0.3 is 0 Å². The molecule has 0 amide bonds. The van der Waals surface area contributed by atoms with Gasteiger partial charge in [-0.2, -0.15) is 0 Å². The number of nitrogens with two attached hydrogens (primary N) is 1. The zero-order chi connectivity index (χ0) is 13.9. The third-order valence-electron chi connectivity index (χ3n) is 4.81. The minimum atomic E-state index is 0.0953. The summed E-state index contributed by atoms with van der Waals surface area (Å²) in [4.78, 5) is 0. The molecule has 0 aromatic heterocycles. The summed E-state index contributed by atoms with van der Waals surface area (Å²) in [5.41, 5.74) is 7.47. The zero-order valence-corrected chi connectivity index (χ0v) is 12.3. The molecular weight excluding hydrogens is 250 g/mol. The Labute approximate surface area is 121 Å². The molecule has 2 N–H and O–H groups in total. The summed E-state index contributed by atoms with van der Waals surface area (Å²) >= 11 is 0. The van der Waals surface area contributed by atoms with Gasteiger partial charge in [-0.25, -0.2) is 0 Å². The van der Waals surface area contributed by atoms with Gasteiger partial charge in [0.1, 0.15) is 17.6 Å². The lowest BCUT2D eigenvalue weighted by Crippen LogP contribution is -2.35. The number of hydrogen-bond acceptors (Lipinski definition) is 3. The van der Waals surface area contributed by atoms with Crippen LogP contribution in [0.5, 0.6) is 11.5 Å². The molecule has 2 unspecified atom stereocenters. The van der Waals surface area contributed by atoms with E-state index in [-0.39, 0.29) is 12.1 Å². The largest absolute Gasteiger partial charge is 0.497 e. The molecule has 2 atom stereocenters. The van der Waals surface area contributed by atoms with Crippen molar-refractivity contribution >= 4 is 0 Å². The molecule has 0 saturated heterocycles. The van der Waals surface area contributed by atoms with Crippen LogP contribution < -0.4 is 15.2 Å². The summed E-state index contributed by atoms with van der Waals surface area (Å²) in [6, 6.07) is 6.09. The number of benzene rings is 1. The molecule has 1 saturated carbocycles. The van der Waals surface area contributed by atoms with E-state index in [9.17, 15) is 0 Å². The molecule has 1 aliphatic carbocycles. The van der Waals surface area contributed by atoms with Crippen molar-refractivity contribution in [2.75, 3.05) is 7.11 Å². The number of ether oxygens (including phenoxy) is 2. The van der Waals surface area contributed by atoms with Gasteiger partial charge in [0.2, 0.25) is 0 Å². The van der Waals surface area contributed by atoms with Crippen LogP contribution >= 0.6 is 0 Å². The van der Waals surface area contributed by atoms with E-state index in [0.29, 0.717) is 5.92 Å². The molecule has 1 heterocycles. The number of hydrogen-bond donors (Lipinski definition) is 1. The lowest BCUT2D eigenvalue weighted by Gasteiger charge is -2.35. The monoisotopic (exact) mass is 275 g/mol. The van der Waals surface area contributed by atoms with Crippen molar-refractivity contribution < 1.29 is 9.47 Å². The summed E-state index contributed by atoms with van der Waals surface area (Å²) in [5, 5.41) is 0. The Morgan fingerprint density at radius 1 is 1.15 bits per heavy atom. The van der Waals surface area contributed by atoms with Gasteiger partial charge in [-0.1, -0.05) is 31.7 Å². The van der Waals surface area contributed by atoms with Crippen molar-refractivity contribution in [2.24, 2.45) is 11.7 Å². The molecule has 3 heteroatoms. The van der Waals surface area contributed by atoms with Crippen LogP contribution in [0, 0.1) is 5.92 Å². The highest BCUT2D eigenvalue weighted by atomic mass is 16.5. The average Bonchev–Trinajstić information content (AvgIpc) is 2.75. The highest BCUT2D eigenvalue weighted by Crippen LogP contribution is 2.40. The van der Waals surface area contributed by atoms with Crippen molar-refractivity contribution in [1.29, 1.82) is 0 Å². The third kappa shape index (κ3) is 2.78. The molecule has 110 valence electrons. The van der Waals surface area contributed by atoms with E-state index >= 15 is 0 Å². The fourth-order valence-corrected chi connectivity index (χ4v) is 3.61. The third-order valence-corrected chi connectivity index (χ3v) is 4.81. The maximum absolute atomic E-state index is 6.35. The Balaban J connectivity index is 1.79. The summed E-state index contributed by atoms with van der Waals surface area (Å²) in [6.45, 7) is 0. The SMILES string of the molecule is COc1ccc2c(c1)OC(C1CCCCCC1)CC2N. The van der Waals surface area contributed by atoms with Crippen molar-refractivity contribution in [3.05, 3.63) is 23.8 Å². The lowest BCUT2D eigenvalue weighted by molar-refractivity contribution is 0.0902. The van der Waals surface area contributed by atoms with Crippen LogP contribution in [0.25, 0.3) is 0 Å². The highest BCUT2D eigenvalue weighted by molar-refractivity contribution is 5.43. The van der Waals surface area contributed by atoms with Gasteiger partial charge in [0.05, 0.1) is 7.11 Å². The molecule has 3 rings (SSSR count). The molecule has 1 aromatic carbocycles. The molecule has 1 aromatic rings. The van der Waals surface area contributed by atoms with Gasteiger partial charge in [-0.3, -0.25) is 0 Å². The van der Waals surface area contributed by atoms with Crippen LogP contribution in [0.15, 0.2) is 18.2 Å². The maximum atomic E-state index is 6.35. The summed E-state index contributed by atoms with van der Waals surface area (Å²) in [7, 11) is 1.69. The van der Waals surface area contributed by atoms with E-state index in [0.717, 1.165) is 23.5 Å². The first kappa shape index (κ1) is 13.7. The van der Waals surface area contributed by atoms with Crippen molar-refractivity contribution in [2.45, 2.75) is 57.1 Å². The number of methoxy groups -OCH3 is 1. The first-order valence-electron chi connectivity index (χ1n) is 7.88. The van der Waals surface area contributed by atoms with E-state index < -0.39 is 0 Å². The minimum Gasteiger partial charge on any atom is -0.497 e. The van der Waals surface area contributed by atoms with Gasteiger partial charge in [0, 0.05) is 24.1 Å². The Morgan fingerprint density at radius 2 is 1.90 bits per heavy atom. The van der Waals surface area contributed by atoms with Gasteiger partial charge < -0.3 is 15.2 Å². The lowest BCUT2D eigenvalue weighted by atomic mass is 9.86. The van der Waals surface area contributed by atoms with Crippen LogP contribution in [-0.2, 0) is 0 Å². The molecule has 20 heavy (non-hydrogen) atoms. The van der Waals surface area contributed by atoms with Crippen LogP contribution in [0.2, 0.25) is 0 Å². The van der Waals surface area contributed by atoms with E-state index in [2.05, 4.69) is 0 Å². The Morgan fingerprint density at radius 3 is 2.60 bits per heavy atom. The second-order valence-corrected chi connectivity index (χ2v) is 6.15. The fraction of sp³-hybridized carbons (Fsp3) is 0.647. The van der Waals surface area contributed by atoms with Gasteiger partial charge in [-0.05, 0) is 24.8 Å². The van der Waals surface area contributed by atoms with E-state index in [4.69, 9.17) is 15.2 Å². The molecule has 1 aliphatic heterocycles. The smallest absolute Gasteiger partial charge is 0.128 e. The minimum absolute atomic E-state index is 0.0953. The Kier molecular flexibility index (Phi) is 4.16. The maximum Gasteiger partial charge on any atom is 0.128 e. The normalized spacial score (nSPS) is 27.3. The predicted octanol–water partition coefficient (Wildman–Crippen LogP) is 3.82. The van der Waals surface area contributed by atoms with Crippen molar-refractivity contribution in [3.8, 4) is 11.5 Å². The average molecular weight is 275 g/mol. The topological polar surface area (TPSA) is 44.5 Å². The second-order valence-electron chi connectivity index (χ2n) is 6.15. The highest BCUT2D eigenvalue weighted by Gasteiger charge is 2.32. The molecule has 0 radical (unpaired) electrons. The van der Waals surface area contributed by atoms with E-state index in [1.54, 1.807) is 7.11 Å². The predicted molar refractivity (Wildman–Crippen MR) is 80.1 cm³/mol. The van der Waals surface area contributed by atoms with E-state index in [1.807, 2.05) is 18.2 Å². The summed E-state index contributed by atoms with van der Waals surface area (Å²) < 4.78 is 11.6. The number of fused-ring (bicyclic) bond motifs is 1. The van der Waals surface area contributed by atoms with Gasteiger partial charge in [0.15, 0.2) is 0 Å². The quantitative estimate of drug-likeness (QED) is 0.835. The van der Waals surface area contributed by atoms with E-state index in [1.165, 1.54) is 38.5 Å².